The summed E-state index contributed by atoms with van der Waals surface area (Å²) in [5.41, 5.74) is 0. The molecule has 0 spiro atoms. The predicted molar refractivity (Wildman–Crippen MR) is 90.2 cm³/mol. The molecule has 0 radical (unpaired) electrons. The van der Waals surface area contributed by atoms with Gasteiger partial charge in [-0.05, 0) is 25.0 Å². The molecule has 2 heterocycles. The van der Waals surface area contributed by atoms with E-state index in [-0.39, 0.29) is 24.8 Å². The van der Waals surface area contributed by atoms with Crippen LogP contribution in [0.5, 0.6) is 0 Å². The van der Waals surface area contributed by atoms with Crippen LogP contribution in [0.25, 0.3) is 0 Å². The summed E-state index contributed by atoms with van der Waals surface area (Å²) in [4.78, 5) is 5.58. The van der Waals surface area contributed by atoms with Gasteiger partial charge in [0.05, 0.1) is 0 Å². The van der Waals surface area contributed by atoms with Crippen LogP contribution >= 0.6 is 36.2 Å². The van der Waals surface area contributed by atoms with Gasteiger partial charge in [-0.3, -0.25) is 4.90 Å². The number of hydrogen-bond acceptors (Lipinski definition) is 3. The van der Waals surface area contributed by atoms with E-state index in [4.69, 9.17) is 0 Å². The lowest BCUT2D eigenvalue weighted by atomic mass is 10.1. The summed E-state index contributed by atoms with van der Waals surface area (Å²) in [6.07, 6.45) is 4.26. The molecule has 110 valence electrons. The number of hydrogen-bond donors (Lipinski definition) is 1. The molecule has 1 aromatic heterocycles. The third-order valence-electron chi connectivity index (χ3n) is 3.34. The van der Waals surface area contributed by atoms with Crippen LogP contribution in [0.1, 0.15) is 29.1 Å². The Balaban J connectivity index is 0.00000162. The van der Waals surface area contributed by atoms with Crippen molar-refractivity contribution >= 4 is 36.2 Å². The molecule has 1 aliphatic rings. The van der Waals surface area contributed by atoms with Crippen LogP contribution in [0.3, 0.4) is 0 Å². The second-order valence-electron chi connectivity index (χ2n) is 4.48. The topological polar surface area (TPSA) is 15.3 Å². The minimum atomic E-state index is 0. The Bertz CT molecular complexity index is 362. The largest absolute Gasteiger partial charge is 0.314 e. The first kappa shape index (κ1) is 18.9. The fourth-order valence-corrected chi connectivity index (χ4v) is 3.46. The van der Waals surface area contributed by atoms with E-state index in [0.717, 1.165) is 39.0 Å². The maximum atomic E-state index is 3.91. The molecule has 0 unspecified atom stereocenters. The maximum Gasteiger partial charge on any atom is 0.0476 e. The van der Waals surface area contributed by atoms with Gasteiger partial charge in [0.2, 0.25) is 0 Å². The van der Waals surface area contributed by atoms with Crippen LogP contribution in [0.2, 0.25) is 0 Å². The molecule has 0 bridgehead atoms. The molecule has 0 aromatic carbocycles. The Kier molecular flexibility index (Phi) is 9.75. The average molecular weight is 323 g/mol. The summed E-state index contributed by atoms with van der Waals surface area (Å²) in [6, 6.07) is 5.12. The number of piperazine rings is 1. The predicted octanol–water partition coefficient (Wildman–Crippen LogP) is 3.68. The Morgan fingerprint density at radius 2 is 2.05 bits per heavy atom. The Labute approximate surface area is 133 Å². The van der Waals surface area contributed by atoms with Gasteiger partial charge in [-0.25, -0.2) is 0 Å². The Morgan fingerprint density at radius 1 is 1.37 bits per heavy atom. The van der Waals surface area contributed by atoms with Gasteiger partial charge in [0, 0.05) is 42.0 Å². The summed E-state index contributed by atoms with van der Waals surface area (Å²) in [7, 11) is 0. The van der Waals surface area contributed by atoms with Crippen molar-refractivity contribution in [2.24, 2.45) is 0 Å². The van der Waals surface area contributed by atoms with Gasteiger partial charge >= 0.3 is 0 Å². The third-order valence-corrected chi connectivity index (χ3v) is 4.67. The molecule has 1 N–H and O–H groups in total. The molecule has 19 heavy (non-hydrogen) atoms. The molecule has 5 heteroatoms. The highest BCUT2D eigenvalue weighted by atomic mass is 35.5. The molecule has 0 aliphatic carbocycles. The van der Waals surface area contributed by atoms with Crippen LogP contribution < -0.4 is 5.32 Å². The van der Waals surface area contributed by atoms with E-state index < -0.39 is 0 Å². The first-order valence-electron chi connectivity index (χ1n) is 6.49. The van der Waals surface area contributed by atoms with Crippen molar-refractivity contribution in [2.45, 2.75) is 25.8 Å². The van der Waals surface area contributed by atoms with Crippen molar-refractivity contribution < 1.29 is 0 Å². The average Bonchev–Trinajstić information content (AvgIpc) is 2.85. The summed E-state index contributed by atoms with van der Waals surface area (Å²) >= 11 is 1.96. The molecule has 1 fully saturated rings. The highest BCUT2D eigenvalue weighted by Gasteiger charge is 2.22. The van der Waals surface area contributed by atoms with E-state index in [1.165, 1.54) is 9.75 Å². The SMILES string of the molecule is C=CC[C@H](c1ccc(CC)s1)N1CCNCC1.Cl.Cl. The molecular formula is C14H24Cl2N2S. The molecule has 2 rings (SSSR count). The Hall–Kier alpha value is -0.0600. The molecule has 1 aromatic rings. The van der Waals surface area contributed by atoms with Crippen LogP contribution in [0, 0.1) is 0 Å². The number of thiophene rings is 1. The molecule has 1 aliphatic heterocycles. The monoisotopic (exact) mass is 322 g/mol. The van der Waals surface area contributed by atoms with Gasteiger partial charge in [0.15, 0.2) is 0 Å². The van der Waals surface area contributed by atoms with Crippen molar-refractivity contribution in [3.05, 3.63) is 34.5 Å². The van der Waals surface area contributed by atoms with Crippen LogP contribution in [-0.2, 0) is 6.42 Å². The van der Waals surface area contributed by atoms with Crippen molar-refractivity contribution in [2.75, 3.05) is 26.2 Å². The van der Waals surface area contributed by atoms with Crippen molar-refractivity contribution in [3.8, 4) is 0 Å². The van der Waals surface area contributed by atoms with E-state index in [0.29, 0.717) is 6.04 Å². The zero-order valence-corrected chi connectivity index (χ0v) is 13.9. The van der Waals surface area contributed by atoms with Crippen LogP contribution in [0.4, 0.5) is 0 Å². The standard InChI is InChI=1S/C14H22N2S.2ClH/c1-3-5-13(16-10-8-15-9-11-16)14-7-6-12(4-2)17-14;;/h3,6-7,13,15H,1,4-5,8-11H2,2H3;2*1H/t13-;;/m1../s1. The molecular weight excluding hydrogens is 299 g/mol. The maximum absolute atomic E-state index is 3.91. The molecule has 0 saturated carbocycles. The van der Waals surface area contributed by atoms with E-state index in [1.54, 1.807) is 0 Å². The van der Waals surface area contributed by atoms with Crippen LogP contribution in [0.15, 0.2) is 24.8 Å². The second-order valence-corrected chi connectivity index (χ2v) is 5.68. The van der Waals surface area contributed by atoms with Gasteiger partial charge in [-0.2, -0.15) is 0 Å². The lowest BCUT2D eigenvalue weighted by molar-refractivity contribution is 0.177. The molecule has 2 nitrogen and oxygen atoms in total. The molecule has 1 atom stereocenters. The minimum Gasteiger partial charge on any atom is -0.314 e. The number of nitrogens with one attached hydrogen (secondary N) is 1. The summed E-state index contributed by atoms with van der Waals surface area (Å²) in [5.74, 6) is 0. The van der Waals surface area contributed by atoms with E-state index >= 15 is 0 Å². The summed E-state index contributed by atoms with van der Waals surface area (Å²) in [6.45, 7) is 10.7. The first-order valence-corrected chi connectivity index (χ1v) is 7.31. The van der Waals surface area contributed by atoms with Crippen molar-refractivity contribution in [1.29, 1.82) is 0 Å². The first-order chi connectivity index (χ1) is 8.35. The quantitative estimate of drug-likeness (QED) is 0.832. The lowest BCUT2D eigenvalue weighted by Crippen LogP contribution is -2.44. The number of halogens is 2. The Morgan fingerprint density at radius 3 is 2.58 bits per heavy atom. The highest BCUT2D eigenvalue weighted by Crippen LogP contribution is 2.31. The van der Waals surface area contributed by atoms with Gasteiger partial charge in [0.25, 0.3) is 0 Å². The fourth-order valence-electron chi connectivity index (χ4n) is 2.36. The van der Waals surface area contributed by atoms with Gasteiger partial charge in [0.1, 0.15) is 0 Å². The van der Waals surface area contributed by atoms with Crippen LogP contribution in [-0.4, -0.2) is 31.1 Å². The molecule has 1 saturated heterocycles. The zero-order valence-electron chi connectivity index (χ0n) is 11.4. The number of rotatable bonds is 5. The fraction of sp³-hybridized carbons (Fsp3) is 0.571. The number of aryl methyl sites for hydroxylation is 1. The molecule has 0 amide bonds. The van der Waals surface area contributed by atoms with Gasteiger partial charge < -0.3 is 5.32 Å². The summed E-state index contributed by atoms with van der Waals surface area (Å²) < 4.78 is 0. The number of nitrogens with zero attached hydrogens (tertiary/aromatic N) is 1. The van der Waals surface area contributed by atoms with E-state index in [1.807, 2.05) is 11.3 Å². The van der Waals surface area contributed by atoms with E-state index in [9.17, 15) is 0 Å². The lowest BCUT2D eigenvalue weighted by Gasteiger charge is -2.34. The third kappa shape index (κ3) is 5.09. The normalized spacial score (nSPS) is 17.1. The second kappa shape index (κ2) is 9.78. The highest BCUT2D eigenvalue weighted by molar-refractivity contribution is 7.12. The smallest absolute Gasteiger partial charge is 0.0476 e. The summed E-state index contributed by atoms with van der Waals surface area (Å²) in [5, 5.41) is 3.42. The van der Waals surface area contributed by atoms with E-state index in [2.05, 4.69) is 41.9 Å². The zero-order chi connectivity index (χ0) is 12.1. The van der Waals surface area contributed by atoms with Crippen molar-refractivity contribution in [3.63, 3.8) is 0 Å². The minimum absolute atomic E-state index is 0. The van der Waals surface area contributed by atoms with Gasteiger partial charge in [-0.1, -0.05) is 13.0 Å². The van der Waals surface area contributed by atoms with Crippen molar-refractivity contribution in [1.82, 2.24) is 10.2 Å². The van der Waals surface area contributed by atoms with Gasteiger partial charge in [-0.15, -0.1) is 42.7 Å².